The van der Waals surface area contributed by atoms with E-state index in [0.29, 0.717) is 12.6 Å². The second kappa shape index (κ2) is 5.87. The molecule has 0 aromatic carbocycles. The fourth-order valence-electron chi connectivity index (χ4n) is 2.65. The average molecular weight is 366 g/mol. The third-order valence-electron chi connectivity index (χ3n) is 3.51. The van der Waals surface area contributed by atoms with E-state index in [1.165, 1.54) is 19.3 Å². The van der Waals surface area contributed by atoms with E-state index in [0.717, 1.165) is 21.4 Å². The van der Waals surface area contributed by atoms with Gasteiger partial charge in [-0.3, -0.25) is 4.90 Å². The standard InChI is InChI=1S/C12H18Br2N2O/c1-2-8-4-3-5-16(8)10(7-15)11-6-9(13)12(14)17-11/h6,8,10H,2-5,7,15H2,1H3. The summed E-state index contributed by atoms with van der Waals surface area (Å²) in [5.74, 6) is 0.951. The van der Waals surface area contributed by atoms with Gasteiger partial charge in [0.25, 0.3) is 0 Å². The van der Waals surface area contributed by atoms with Crippen molar-refractivity contribution < 1.29 is 4.42 Å². The summed E-state index contributed by atoms with van der Waals surface area (Å²) in [6.45, 7) is 3.96. The summed E-state index contributed by atoms with van der Waals surface area (Å²) in [5.41, 5.74) is 5.93. The van der Waals surface area contributed by atoms with Crippen LogP contribution in [0.5, 0.6) is 0 Å². The van der Waals surface area contributed by atoms with Gasteiger partial charge in [-0.1, -0.05) is 6.92 Å². The Labute approximate surface area is 119 Å². The second-order valence-electron chi connectivity index (χ2n) is 4.46. The lowest BCUT2D eigenvalue weighted by molar-refractivity contribution is 0.159. The van der Waals surface area contributed by atoms with Gasteiger partial charge in [0, 0.05) is 12.6 Å². The van der Waals surface area contributed by atoms with E-state index in [-0.39, 0.29) is 6.04 Å². The van der Waals surface area contributed by atoms with Crippen LogP contribution in [0.25, 0.3) is 0 Å². The zero-order valence-electron chi connectivity index (χ0n) is 9.96. The van der Waals surface area contributed by atoms with Crippen LogP contribution in [0.1, 0.15) is 38.0 Å². The molecule has 96 valence electrons. The van der Waals surface area contributed by atoms with Gasteiger partial charge >= 0.3 is 0 Å². The minimum atomic E-state index is 0.199. The van der Waals surface area contributed by atoms with Crippen LogP contribution in [0.4, 0.5) is 0 Å². The molecule has 1 aromatic rings. The zero-order chi connectivity index (χ0) is 12.4. The highest BCUT2D eigenvalue weighted by atomic mass is 79.9. The Morgan fingerprint density at radius 3 is 2.88 bits per heavy atom. The Kier molecular flexibility index (Phi) is 4.69. The highest BCUT2D eigenvalue weighted by Gasteiger charge is 2.31. The zero-order valence-corrected chi connectivity index (χ0v) is 13.1. The van der Waals surface area contributed by atoms with Crippen LogP contribution in [0.2, 0.25) is 0 Å². The summed E-state index contributed by atoms with van der Waals surface area (Å²) in [6, 6.07) is 2.86. The van der Waals surface area contributed by atoms with E-state index in [1.54, 1.807) is 0 Å². The Morgan fingerprint density at radius 2 is 2.35 bits per heavy atom. The molecule has 2 N–H and O–H groups in total. The molecule has 1 aromatic heterocycles. The van der Waals surface area contributed by atoms with Crippen LogP contribution in [0.15, 0.2) is 19.6 Å². The fourth-order valence-corrected chi connectivity index (χ4v) is 3.26. The normalized spacial score (nSPS) is 23.2. The van der Waals surface area contributed by atoms with Crippen LogP contribution in [-0.2, 0) is 0 Å². The van der Waals surface area contributed by atoms with E-state index in [2.05, 4.69) is 43.7 Å². The lowest BCUT2D eigenvalue weighted by atomic mass is 10.1. The molecule has 0 spiro atoms. The molecule has 0 saturated carbocycles. The Balaban J connectivity index is 2.20. The van der Waals surface area contributed by atoms with E-state index >= 15 is 0 Å². The summed E-state index contributed by atoms with van der Waals surface area (Å²) in [4.78, 5) is 2.48. The lowest BCUT2D eigenvalue weighted by Gasteiger charge is -2.30. The largest absolute Gasteiger partial charge is 0.451 e. The Bertz CT molecular complexity index is 361. The molecule has 2 rings (SSSR count). The van der Waals surface area contributed by atoms with Gasteiger partial charge in [0.15, 0.2) is 4.67 Å². The summed E-state index contributed by atoms with van der Waals surface area (Å²) < 4.78 is 7.43. The molecule has 0 radical (unpaired) electrons. The van der Waals surface area contributed by atoms with Crippen molar-refractivity contribution in [3.8, 4) is 0 Å². The SMILES string of the molecule is CCC1CCCN1C(CN)c1cc(Br)c(Br)o1. The van der Waals surface area contributed by atoms with Crippen molar-refractivity contribution in [1.82, 2.24) is 4.90 Å². The molecule has 5 heteroatoms. The second-order valence-corrected chi connectivity index (χ2v) is 6.04. The first kappa shape index (κ1) is 13.6. The number of hydrogen-bond acceptors (Lipinski definition) is 3. The molecular weight excluding hydrogens is 348 g/mol. The van der Waals surface area contributed by atoms with Crippen molar-refractivity contribution in [3.05, 3.63) is 21.0 Å². The number of rotatable bonds is 4. The van der Waals surface area contributed by atoms with Crippen molar-refractivity contribution in [2.45, 2.75) is 38.3 Å². The predicted octanol–water partition coefficient (Wildman–Crippen LogP) is 3.68. The quantitative estimate of drug-likeness (QED) is 0.884. The van der Waals surface area contributed by atoms with Crippen molar-refractivity contribution in [2.75, 3.05) is 13.1 Å². The van der Waals surface area contributed by atoms with Gasteiger partial charge < -0.3 is 10.2 Å². The first-order chi connectivity index (χ1) is 8.17. The van der Waals surface area contributed by atoms with Crippen LogP contribution in [0, 0.1) is 0 Å². The molecule has 2 heterocycles. The predicted molar refractivity (Wildman–Crippen MR) is 75.9 cm³/mol. The van der Waals surface area contributed by atoms with Gasteiger partial charge in [-0.25, -0.2) is 0 Å². The number of nitrogens with two attached hydrogens (primary N) is 1. The molecule has 1 aliphatic rings. The molecule has 3 nitrogen and oxygen atoms in total. The highest BCUT2D eigenvalue weighted by Crippen LogP contribution is 2.35. The molecule has 2 atom stereocenters. The monoisotopic (exact) mass is 364 g/mol. The molecule has 0 aliphatic carbocycles. The Hall–Kier alpha value is 0.160. The van der Waals surface area contributed by atoms with Crippen LogP contribution in [-0.4, -0.2) is 24.0 Å². The first-order valence-electron chi connectivity index (χ1n) is 6.07. The van der Waals surface area contributed by atoms with Gasteiger partial charge in [0.2, 0.25) is 0 Å². The maximum absolute atomic E-state index is 5.93. The van der Waals surface area contributed by atoms with Crippen molar-refractivity contribution in [2.24, 2.45) is 5.73 Å². The van der Waals surface area contributed by atoms with Crippen molar-refractivity contribution >= 4 is 31.9 Å². The number of nitrogens with zero attached hydrogens (tertiary/aromatic N) is 1. The molecule has 0 bridgehead atoms. The van der Waals surface area contributed by atoms with Gasteiger partial charge in [0.1, 0.15) is 5.76 Å². The van der Waals surface area contributed by atoms with Gasteiger partial charge in [-0.15, -0.1) is 0 Å². The fraction of sp³-hybridized carbons (Fsp3) is 0.667. The molecule has 1 aliphatic heterocycles. The molecule has 2 unspecified atom stereocenters. The lowest BCUT2D eigenvalue weighted by Crippen LogP contribution is -2.36. The van der Waals surface area contributed by atoms with Crippen molar-refractivity contribution in [1.29, 1.82) is 0 Å². The molecule has 1 fully saturated rings. The average Bonchev–Trinajstić information content (AvgIpc) is 2.89. The molecule has 0 amide bonds. The topological polar surface area (TPSA) is 42.4 Å². The third kappa shape index (κ3) is 2.78. The van der Waals surface area contributed by atoms with Crippen molar-refractivity contribution in [3.63, 3.8) is 0 Å². The van der Waals surface area contributed by atoms with Crippen LogP contribution >= 0.6 is 31.9 Å². The van der Waals surface area contributed by atoms with E-state index in [4.69, 9.17) is 10.2 Å². The minimum Gasteiger partial charge on any atom is -0.451 e. The van der Waals surface area contributed by atoms with Crippen LogP contribution in [0.3, 0.4) is 0 Å². The van der Waals surface area contributed by atoms with E-state index < -0.39 is 0 Å². The molecular formula is C12H18Br2N2O. The summed E-state index contributed by atoms with van der Waals surface area (Å²) in [5, 5.41) is 0. The smallest absolute Gasteiger partial charge is 0.183 e. The summed E-state index contributed by atoms with van der Waals surface area (Å²) >= 11 is 6.84. The summed E-state index contributed by atoms with van der Waals surface area (Å²) in [7, 11) is 0. The Morgan fingerprint density at radius 1 is 1.59 bits per heavy atom. The van der Waals surface area contributed by atoms with E-state index in [1.807, 2.05) is 6.07 Å². The number of halogens is 2. The van der Waals surface area contributed by atoms with Crippen LogP contribution < -0.4 is 5.73 Å². The first-order valence-corrected chi connectivity index (χ1v) is 7.66. The number of hydrogen-bond donors (Lipinski definition) is 1. The number of furan rings is 1. The van der Waals surface area contributed by atoms with E-state index in [9.17, 15) is 0 Å². The number of likely N-dealkylation sites (tertiary alicyclic amines) is 1. The van der Waals surface area contributed by atoms with Gasteiger partial charge in [-0.05, 0) is 63.7 Å². The third-order valence-corrected chi connectivity index (χ3v) is 5.22. The highest BCUT2D eigenvalue weighted by molar-refractivity contribution is 9.13. The van der Waals surface area contributed by atoms with Gasteiger partial charge in [0.05, 0.1) is 10.5 Å². The molecule has 1 saturated heterocycles. The molecule has 17 heavy (non-hydrogen) atoms. The minimum absolute atomic E-state index is 0.199. The summed E-state index contributed by atoms with van der Waals surface area (Å²) in [6.07, 6.45) is 3.72. The maximum atomic E-state index is 5.93. The maximum Gasteiger partial charge on any atom is 0.183 e. The van der Waals surface area contributed by atoms with Gasteiger partial charge in [-0.2, -0.15) is 0 Å².